The molecule has 5 aromatic carbocycles. The molecule has 244 valence electrons. The predicted molar refractivity (Wildman–Crippen MR) is 211 cm³/mol. The minimum atomic E-state index is 0.155. The molecule has 1 aliphatic heterocycles. The fourth-order valence-corrected chi connectivity index (χ4v) is 9.13. The van der Waals surface area contributed by atoms with Gasteiger partial charge in [0.05, 0.1) is 22.4 Å². The van der Waals surface area contributed by atoms with E-state index in [0.717, 1.165) is 23.7 Å². The average molecular weight is 658 g/mol. The first-order chi connectivity index (χ1) is 25.1. The Morgan fingerprint density at radius 2 is 1.61 bits per heavy atom. The molecule has 2 aliphatic carbocycles. The maximum atomic E-state index is 4.59. The lowest BCUT2D eigenvalue weighted by Gasteiger charge is -2.28. The van der Waals surface area contributed by atoms with E-state index < -0.39 is 0 Å². The molecule has 5 heteroatoms. The Morgan fingerprint density at radius 3 is 2.53 bits per heavy atom. The number of fused-ring (bicyclic) bond motifs is 10. The number of aromatic nitrogens is 4. The third-order valence-electron chi connectivity index (χ3n) is 11.6. The summed E-state index contributed by atoms with van der Waals surface area (Å²) >= 11 is 0. The van der Waals surface area contributed by atoms with E-state index in [9.17, 15) is 0 Å². The van der Waals surface area contributed by atoms with E-state index in [1.165, 1.54) is 83.4 Å². The van der Waals surface area contributed by atoms with Crippen molar-refractivity contribution in [3.05, 3.63) is 162 Å². The molecule has 5 nitrogen and oxygen atoms in total. The highest BCUT2D eigenvalue weighted by atomic mass is 15.2. The fraction of sp³-hybridized carbons (Fsp3) is 0.130. The lowest BCUT2D eigenvalue weighted by atomic mass is 9.86. The van der Waals surface area contributed by atoms with E-state index in [1.54, 1.807) is 6.33 Å². The second-order valence-corrected chi connectivity index (χ2v) is 14.4. The van der Waals surface area contributed by atoms with E-state index in [2.05, 4.69) is 165 Å². The first-order valence-electron chi connectivity index (χ1n) is 17.9. The smallest absolute Gasteiger partial charge is 0.116 e. The zero-order valence-corrected chi connectivity index (χ0v) is 28.6. The van der Waals surface area contributed by atoms with E-state index >= 15 is 0 Å². The van der Waals surface area contributed by atoms with Crippen LogP contribution in [0.15, 0.2) is 140 Å². The van der Waals surface area contributed by atoms with Crippen molar-refractivity contribution in [2.45, 2.75) is 31.6 Å². The molecule has 0 bridgehead atoms. The number of hydrogen-bond donors (Lipinski definition) is 0. The van der Waals surface area contributed by atoms with Crippen LogP contribution in [-0.2, 0) is 7.05 Å². The summed E-state index contributed by atoms with van der Waals surface area (Å²) in [4.78, 5) is 11.4. The lowest BCUT2D eigenvalue weighted by Crippen LogP contribution is -2.17. The summed E-state index contributed by atoms with van der Waals surface area (Å²) in [6.07, 6.45) is 14.9. The molecule has 0 N–H and O–H groups in total. The molecule has 2 unspecified atom stereocenters. The summed E-state index contributed by atoms with van der Waals surface area (Å²) < 4.78 is 4.93. The largest absolute Gasteiger partial charge is 0.344 e. The van der Waals surface area contributed by atoms with Crippen molar-refractivity contribution in [1.29, 1.82) is 0 Å². The summed E-state index contributed by atoms with van der Waals surface area (Å²) in [6.45, 7) is 2.36. The van der Waals surface area contributed by atoms with Crippen molar-refractivity contribution in [2.75, 3.05) is 4.90 Å². The summed E-state index contributed by atoms with van der Waals surface area (Å²) in [7, 11) is 2.18. The third kappa shape index (κ3) is 4.09. The van der Waals surface area contributed by atoms with Crippen LogP contribution < -0.4 is 4.90 Å². The van der Waals surface area contributed by atoms with Gasteiger partial charge in [0.1, 0.15) is 6.33 Å². The molecule has 0 spiro atoms. The molecule has 4 heterocycles. The number of rotatable bonds is 3. The van der Waals surface area contributed by atoms with Gasteiger partial charge in [-0.25, -0.2) is 9.97 Å². The van der Waals surface area contributed by atoms with E-state index in [-0.39, 0.29) is 5.92 Å². The van der Waals surface area contributed by atoms with Crippen LogP contribution in [0.4, 0.5) is 11.4 Å². The van der Waals surface area contributed by atoms with E-state index in [4.69, 9.17) is 0 Å². The van der Waals surface area contributed by atoms with Crippen molar-refractivity contribution >= 4 is 66.6 Å². The number of hydrogen-bond acceptors (Lipinski definition) is 3. The number of aryl methyl sites for hydroxylation is 1. The number of para-hydroxylation sites is 2. The van der Waals surface area contributed by atoms with Gasteiger partial charge < -0.3 is 14.0 Å². The lowest BCUT2D eigenvalue weighted by molar-refractivity contribution is 0.769. The van der Waals surface area contributed by atoms with Crippen molar-refractivity contribution < 1.29 is 0 Å². The van der Waals surface area contributed by atoms with Crippen LogP contribution in [0.5, 0.6) is 0 Å². The van der Waals surface area contributed by atoms with Gasteiger partial charge in [0.15, 0.2) is 0 Å². The molecule has 2 atom stereocenters. The molecule has 3 aliphatic rings. The number of benzene rings is 5. The third-order valence-corrected chi connectivity index (χ3v) is 11.6. The molecule has 0 saturated heterocycles. The van der Waals surface area contributed by atoms with Gasteiger partial charge in [-0.3, -0.25) is 0 Å². The molecule has 8 aromatic rings. The van der Waals surface area contributed by atoms with Crippen molar-refractivity contribution in [3.63, 3.8) is 0 Å². The Labute approximate surface area is 296 Å². The maximum absolute atomic E-state index is 4.59. The van der Waals surface area contributed by atoms with Gasteiger partial charge in [-0.15, -0.1) is 0 Å². The van der Waals surface area contributed by atoms with Crippen LogP contribution in [0.3, 0.4) is 0 Å². The molecule has 0 fully saturated rings. The fourth-order valence-electron chi connectivity index (χ4n) is 9.13. The first-order valence-corrected chi connectivity index (χ1v) is 17.9. The molecule has 11 rings (SSSR count). The standard InChI is InChI=1S/C46H35N5/c1-28-9-8-10-31-22-39-44(25-36(28)31)51(34-18-20-42-37(24-34)35-13-6-7-14-41(35)49(42)2)45-38-21-29(30-15-16-32-26-47-27-48-40(32)23-30)17-19-43(38)50(46(39)45)33-11-4-3-5-12-33/h3-8,10-20,22-28,38H,9,21H2,1-2H3. The van der Waals surface area contributed by atoms with Gasteiger partial charge in [0.2, 0.25) is 0 Å². The summed E-state index contributed by atoms with van der Waals surface area (Å²) in [5.74, 6) is 0.622. The Kier molecular flexibility index (Phi) is 5.98. The molecule has 0 saturated carbocycles. The highest BCUT2D eigenvalue weighted by Gasteiger charge is 2.42. The highest BCUT2D eigenvalue weighted by molar-refractivity contribution is 6.10. The van der Waals surface area contributed by atoms with E-state index in [1.807, 2.05) is 6.20 Å². The van der Waals surface area contributed by atoms with Crippen molar-refractivity contribution in [1.82, 2.24) is 19.1 Å². The SMILES string of the molecule is CC1CC=Cc2cc3c4c(n(-c5ccc6c(c5)c5ccccc5n6C)c3cc21)C1CC(c2ccc3cncnc3c2)=CC=C1N4c1ccccc1. The molecule has 0 amide bonds. The normalized spacial score (nSPS) is 18.0. The number of allylic oxidation sites excluding steroid dienone is 5. The summed E-state index contributed by atoms with van der Waals surface area (Å²) in [5.41, 5.74) is 16.4. The van der Waals surface area contributed by atoms with Gasteiger partial charge >= 0.3 is 0 Å². The average Bonchev–Trinajstić information content (AvgIpc) is 3.79. The quantitative estimate of drug-likeness (QED) is 0.190. The van der Waals surface area contributed by atoms with E-state index in [0.29, 0.717) is 5.92 Å². The van der Waals surface area contributed by atoms with Gasteiger partial charge in [0.25, 0.3) is 0 Å². The predicted octanol–water partition coefficient (Wildman–Crippen LogP) is 11.3. The summed E-state index contributed by atoms with van der Waals surface area (Å²) in [6, 6.07) is 38.3. The van der Waals surface area contributed by atoms with Crippen molar-refractivity contribution in [3.8, 4) is 5.69 Å². The molecular weight excluding hydrogens is 623 g/mol. The maximum Gasteiger partial charge on any atom is 0.116 e. The topological polar surface area (TPSA) is 38.9 Å². The second-order valence-electron chi connectivity index (χ2n) is 14.4. The zero-order valence-electron chi connectivity index (χ0n) is 28.6. The molecule has 51 heavy (non-hydrogen) atoms. The Hall–Kier alpha value is -6.20. The monoisotopic (exact) mass is 657 g/mol. The van der Waals surface area contributed by atoms with Crippen LogP contribution in [0.2, 0.25) is 0 Å². The Bertz CT molecular complexity index is 2850. The van der Waals surface area contributed by atoms with Crippen LogP contribution >= 0.6 is 0 Å². The van der Waals surface area contributed by atoms with Gasteiger partial charge in [-0.2, -0.15) is 0 Å². The molecule has 3 aromatic heterocycles. The zero-order chi connectivity index (χ0) is 33.8. The first kappa shape index (κ1) is 28.6. The summed E-state index contributed by atoms with van der Waals surface area (Å²) in [5, 5.41) is 4.93. The van der Waals surface area contributed by atoms with Crippen LogP contribution in [-0.4, -0.2) is 19.1 Å². The molecular formula is C46H35N5. The Balaban J connectivity index is 1.20. The van der Waals surface area contributed by atoms with Crippen LogP contribution in [0.25, 0.3) is 60.9 Å². The number of anilines is 2. The van der Waals surface area contributed by atoms with Crippen LogP contribution in [0.1, 0.15) is 54.0 Å². The minimum absolute atomic E-state index is 0.155. The Morgan fingerprint density at radius 1 is 0.745 bits per heavy atom. The minimum Gasteiger partial charge on any atom is -0.344 e. The number of nitrogens with zero attached hydrogens (tertiary/aromatic N) is 5. The van der Waals surface area contributed by atoms with Gasteiger partial charge in [-0.05, 0) is 102 Å². The van der Waals surface area contributed by atoms with Crippen LogP contribution in [0, 0.1) is 0 Å². The van der Waals surface area contributed by atoms with Crippen molar-refractivity contribution in [2.24, 2.45) is 7.05 Å². The van der Waals surface area contributed by atoms with Gasteiger partial charge in [-0.1, -0.05) is 73.7 Å². The highest BCUT2D eigenvalue weighted by Crippen LogP contribution is 2.57. The van der Waals surface area contributed by atoms with Gasteiger partial charge in [0, 0.05) is 68.8 Å². The molecule has 0 radical (unpaired) electrons. The second kappa shape index (κ2) is 10.6.